The van der Waals surface area contributed by atoms with E-state index in [9.17, 15) is 24.6 Å². The number of ether oxygens (including phenoxy) is 1. The van der Waals surface area contributed by atoms with Gasteiger partial charge in [0.05, 0.1) is 35.1 Å². The Balaban J connectivity index is 1.13. The number of halogens is 1. The fourth-order valence-corrected chi connectivity index (χ4v) is 9.43. The number of anilines is 2. The number of aromatic amines is 1. The first-order valence-electron chi connectivity index (χ1n) is 21.3. The van der Waals surface area contributed by atoms with Crippen LogP contribution in [0, 0.1) is 0 Å². The number of hydrogen-bond donors (Lipinski definition) is 6. The van der Waals surface area contributed by atoms with Crippen molar-refractivity contribution in [3.63, 3.8) is 0 Å². The molecule has 62 heavy (non-hydrogen) atoms. The lowest BCUT2D eigenvalue weighted by atomic mass is 9.89. The van der Waals surface area contributed by atoms with Crippen LogP contribution in [0.3, 0.4) is 0 Å². The number of aromatic hydroxyl groups is 1. The van der Waals surface area contributed by atoms with Crippen LogP contribution in [-0.2, 0) is 22.2 Å². The summed E-state index contributed by atoms with van der Waals surface area (Å²) in [6.45, 7) is 11.7. The van der Waals surface area contributed by atoms with E-state index in [2.05, 4.69) is 49.5 Å². The van der Waals surface area contributed by atoms with Gasteiger partial charge in [0.15, 0.2) is 8.32 Å². The zero-order valence-electron chi connectivity index (χ0n) is 36.5. The number of benzene rings is 4. The second kappa shape index (κ2) is 19.9. The molecule has 1 heterocycles. The third-order valence-corrected chi connectivity index (χ3v) is 17.2. The Kier molecular flexibility index (Phi) is 14.9. The van der Waals surface area contributed by atoms with Crippen LogP contribution in [0.15, 0.2) is 89.7 Å². The topological polar surface area (TPSA) is 179 Å². The van der Waals surface area contributed by atoms with Crippen LogP contribution in [0.4, 0.5) is 16.2 Å². The molecule has 6 rings (SSSR count). The van der Waals surface area contributed by atoms with E-state index in [0.29, 0.717) is 71.8 Å². The van der Waals surface area contributed by atoms with E-state index in [-0.39, 0.29) is 40.8 Å². The molecule has 1 aromatic heterocycles. The second-order valence-electron chi connectivity index (χ2n) is 17.8. The Bertz CT molecular complexity index is 2430. The summed E-state index contributed by atoms with van der Waals surface area (Å²) in [7, 11) is -0.727. The molecule has 12 nitrogen and oxygen atoms in total. The molecule has 330 valence electrons. The molecule has 0 aliphatic heterocycles. The van der Waals surface area contributed by atoms with Crippen LogP contribution in [-0.4, -0.2) is 61.3 Å². The highest BCUT2D eigenvalue weighted by Crippen LogP contribution is 2.42. The van der Waals surface area contributed by atoms with Crippen molar-refractivity contribution in [1.29, 1.82) is 0 Å². The molecule has 1 fully saturated rings. The highest BCUT2D eigenvalue weighted by atomic mass is 35.5. The van der Waals surface area contributed by atoms with Gasteiger partial charge in [-0.05, 0) is 97.6 Å². The fraction of sp³-hybridized carbons (Fsp3) is 0.396. The molecule has 0 saturated heterocycles. The molecule has 1 aliphatic rings. The van der Waals surface area contributed by atoms with Gasteiger partial charge in [0, 0.05) is 60.2 Å². The highest BCUT2D eigenvalue weighted by molar-refractivity contribution is 6.74. The number of H-pyrrole nitrogens is 1. The summed E-state index contributed by atoms with van der Waals surface area (Å²) < 4.78 is 12.7. The van der Waals surface area contributed by atoms with E-state index in [1.807, 2.05) is 54.6 Å². The van der Waals surface area contributed by atoms with Crippen LogP contribution in [0.5, 0.6) is 11.5 Å². The predicted molar refractivity (Wildman–Crippen MR) is 251 cm³/mol. The van der Waals surface area contributed by atoms with Gasteiger partial charge in [-0.2, -0.15) is 0 Å². The molecule has 7 N–H and O–H groups in total. The number of aromatic nitrogens is 1. The third kappa shape index (κ3) is 11.1. The fourth-order valence-electron chi connectivity index (χ4n) is 7.92. The minimum absolute atomic E-state index is 0.0138. The summed E-state index contributed by atoms with van der Waals surface area (Å²) in [5.74, 6) is 0.320. The first-order valence-corrected chi connectivity index (χ1v) is 24.6. The van der Waals surface area contributed by atoms with Gasteiger partial charge in [0.2, 0.25) is 11.5 Å². The first-order chi connectivity index (χ1) is 29.4. The van der Waals surface area contributed by atoms with Crippen molar-refractivity contribution in [2.45, 2.75) is 109 Å². The molecule has 0 radical (unpaired) electrons. The van der Waals surface area contributed by atoms with E-state index in [1.54, 1.807) is 31.4 Å². The minimum atomic E-state index is -2.29. The minimum Gasteiger partial charge on any atom is -0.506 e. The number of nitrogens with zero attached hydrogens (tertiary/aromatic N) is 1. The van der Waals surface area contributed by atoms with E-state index in [1.165, 1.54) is 11.0 Å². The molecule has 4 aromatic carbocycles. The van der Waals surface area contributed by atoms with Crippen molar-refractivity contribution in [2.75, 3.05) is 23.9 Å². The lowest BCUT2D eigenvalue weighted by Gasteiger charge is -2.39. The van der Waals surface area contributed by atoms with Gasteiger partial charge < -0.3 is 40.7 Å². The molecule has 1 unspecified atom stereocenters. The van der Waals surface area contributed by atoms with E-state index in [4.69, 9.17) is 26.5 Å². The molecule has 1 saturated carbocycles. The normalized spacial score (nSPS) is 16.2. The number of nitrogens with two attached hydrogens (primary N) is 1. The smallest absolute Gasteiger partial charge is 0.412 e. The zero-order valence-corrected chi connectivity index (χ0v) is 38.3. The zero-order chi connectivity index (χ0) is 44.8. The SMILES string of the molecule is COc1cc(NC(=O)CCCc2ccc(-c3ccccc3)c(N(C(=O)O)[C@H]3CC[C@H](N)CC3)c2)c(Cl)cc1CNCC(O[Si](C)(C)C(C)(C)C)c1ccc(O)c2[nH]c(=O)ccc12. The number of phenolic OH excluding ortho intramolecular Hbond substituents is 1. The van der Waals surface area contributed by atoms with Crippen molar-refractivity contribution >= 4 is 54.2 Å². The summed E-state index contributed by atoms with van der Waals surface area (Å²) in [5.41, 5.74) is 11.6. The summed E-state index contributed by atoms with van der Waals surface area (Å²) >= 11 is 6.78. The number of rotatable bonds is 16. The van der Waals surface area contributed by atoms with E-state index >= 15 is 0 Å². The van der Waals surface area contributed by atoms with Crippen molar-refractivity contribution in [1.82, 2.24) is 10.3 Å². The molecule has 0 spiro atoms. The van der Waals surface area contributed by atoms with Crippen LogP contribution in [0.2, 0.25) is 23.2 Å². The number of carbonyl (C=O) groups excluding carboxylic acids is 1. The van der Waals surface area contributed by atoms with Gasteiger partial charge >= 0.3 is 6.09 Å². The number of fused-ring (bicyclic) bond motifs is 1. The number of nitrogens with one attached hydrogen (secondary N) is 3. The Labute approximate surface area is 369 Å². The molecule has 14 heteroatoms. The quantitative estimate of drug-likeness (QED) is 0.0526. The van der Waals surface area contributed by atoms with Gasteiger partial charge in [0.25, 0.3) is 0 Å². The maximum Gasteiger partial charge on any atom is 0.412 e. The average molecular weight is 883 g/mol. The van der Waals surface area contributed by atoms with Gasteiger partial charge in [0.1, 0.15) is 11.5 Å². The van der Waals surface area contributed by atoms with Crippen LogP contribution in [0.25, 0.3) is 22.0 Å². The summed E-state index contributed by atoms with van der Waals surface area (Å²) in [4.78, 5) is 42.5. The average Bonchev–Trinajstić information content (AvgIpc) is 3.22. The molecule has 1 atom stereocenters. The van der Waals surface area contributed by atoms with Gasteiger partial charge in [-0.3, -0.25) is 14.5 Å². The highest BCUT2D eigenvalue weighted by Gasteiger charge is 2.40. The lowest BCUT2D eigenvalue weighted by Crippen LogP contribution is -2.44. The largest absolute Gasteiger partial charge is 0.506 e. The maximum atomic E-state index is 13.3. The number of hydrogen-bond acceptors (Lipinski definition) is 8. The third-order valence-electron chi connectivity index (χ3n) is 12.4. The summed E-state index contributed by atoms with van der Waals surface area (Å²) in [6, 6.07) is 25.7. The first kappa shape index (κ1) is 46.3. The second-order valence-corrected chi connectivity index (χ2v) is 22.9. The number of methoxy groups -OCH3 is 1. The van der Waals surface area contributed by atoms with Crippen molar-refractivity contribution < 1.29 is 29.0 Å². The Morgan fingerprint density at radius 1 is 1.00 bits per heavy atom. The number of pyridine rings is 1. The van der Waals surface area contributed by atoms with Crippen molar-refractivity contribution in [3.8, 4) is 22.6 Å². The van der Waals surface area contributed by atoms with Gasteiger partial charge in [-0.25, -0.2) is 4.79 Å². The molecule has 5 aromatic rings. The monoisotopic (exact) mass is 881 g/mol. The molecular weight excluding hydrogens is 822 g/mol. The number of amides is 2. The van der Waals surface area contributed by atoms with Crippen molar-refractivity contribution in [3.05, 3.63) is 117 Å². The van der Waals surface area contributed by atoms with Crippen LogP contribution in [0.1, 0.15) is 82.1 Å². The number of phenols is 1. The predicted octanol–water partition coefficient (Wildman–Crippen LogP) is 10.1. The van der Waals surface area contributed by atoms with Crippen LogP contribution >= 0.6 is 11.6 Å². The summed E-state index contributed by atoms with van der Waals surface area (Å²) in [6.07, 6.45) is 2.87. The maximum absolute atomic E-state index is 13.3. The molecular formula is C48H60ClN5O7Si. The molecule has 1 aliphatic carbocycles. The number of carboxylic acid groups (broad SMARTS) is 1. The molecule has 2 amide bonds. The Hall–Kier alpha value is -5.18. The number of carbonyl (C=O) groups is 2. The Morgan fingerprint density at radius 2 is 1.73 bits per heavy atom. The lowest BCUT2D eigenvalue weighted by molar-refractivity contribution is -0.116. The van der Waals surface area contributed by atoms with Crippen LogP contribution < -0.4 is 31.6 Å². The Morgan fingerprint density at radius 3 is 2.40 bits per heavy atom. The van der Waals surface area contributed by atoms with E-state index < -0.39 is 20.5 Å². The van der Waals surface area contributed by atoms with E-state index in [0.717, 1.165) is 40.7 Å². The number of aryl methyl sites for hydroxylation is 1. The summed E-state index contributed by atoms with van der Waals surface area (Å²) in [5, 5.41) is 28.5. The van der Waals surface area contributed by atoms with Crippen molar-refractivity contribution in [2.24, 2.45) is 5.73 Å². The van der Waals surface area contributed by atoms with Gasteiger partial charge in [-0.1, -0.05) is 80.9 Å². The van der Waals surface area contributed by atoms with Gasteiger partial charge in [-0.15, -0.1) is 0 Å². The standard InChI is InChI=1S/C48H60ClN5O7Si/c1-48(2,3)62(5,6)61-43(36-21-23-41(55)46-37(36)22-24-45(57)53-46)29-51-28-32-26-38(49)39(27-42(32)60-4)52-44(56)14-10-11-30-15-20-35(31-12-8-7-9-13-31)40(25-30)54(47(58)59)34-18-16-33(50)17-19-34/h7-9,12-13,15,20-27,33-34,43,51,55H,10-11,14,16-19,28-29,50H2,1-6H3,(H,52,56)(H,53,57)(H,58,59)/t33-,34-,43?. The molecule has 0 bridgehead atoms.